The highest BCUT2D eigenvalue weighted by Crippen LogP contribution is 2.15. The number of esters is 3. The van der Waals surface area contributed by atoms with E-state index in [0.717, 1.165) is 116 Å². The third-order valence-corrected chi connectivity index (χ3v) is 12.2. The largest absolute Gasteiger partial charge is 0.462 e. The van der Waals surface area contributed by atoms with Crippen LogP contribution in [0.1, 0.15) is 278 Å². The lowest BCUT2D eigenvalue weighted by Gasteiger charge is -2.18. The van der Waals surface area contributed by atoms with Crippen LogP contribution in [0.25, 0.3) is 0 Å². The molecule has 0 aliphatic heterocycles. The molecule has 1 unspecified atom stereocenters. The van der Waals surface area contributed by atoms with Crippen LogP contribution in [0.4, 0.5) is 0 Å². The number of carbonyl (C=O) groups is 3. The van der Waals surface area contributed by atoms with E-state index in [-0.39, 0.29) is 31.1 Å². The van der Waals surface area contributed by atoms with E-state index in [1.165, 1.54) is 122 Å². The molecule has 0 rings (SSSR count). The van der Waals surface area contributed by atoms with Gasteiger partial charge in [0.1, 0.15) is 13.2 Å². The van der Waals surface area contributed by atoms with Gasteiger partial charge in [0.2, 0.25) is 0 Å². The molecule has 0 saturated heterocycles. The standard InChI is InChI=1S/C61H106O6/c1-4-7-10-13-16-19-22-25-27-28-29-30-31-32-34-36-39-42-45-48-51-54-60(63)66-57-58(56-65-59(62)53-50-47-44-41-38-35-24-21-18-15-12-9-6-3)67-61(64)55-52-49-46-43-40-37-33-26-23-20-17-14-11-8-5-2/h7,10,16-17,19-20,25-27,29-30,33,58H,4-6,8-9,11-15,18,21-24,28,31-32,34-57H2,1-3H3/b10-7-,19-16-,20-17-,27-25-,30-29-,33-26-. The molecule has 67 heavy (non-hydrogen) atoms. The molecule has 0 saturated carbocycles. The van der Waals surface area contributed by atoms with Crippen molar-refractivity contribution in [2.45, 2.75) is 284 Å². The minimum absolute atomic E-state index is 0.0814. The van der Waals surface area contributed by atoms with E-state index in [0.29, 0.717) is 19.3 Å². The average molecular weight is 936 g/mol. The Labute approximate surface area is 414 Å². The van der Waals surface area contributed by atoms with Crippen LogP contribution in [0.15, 0.2) is 72.9 Å². The summed E-state index contributed by atoms with van der Waals surface area (Å²) in [7, 11) is 0. The molecule has 0 heterocycles. The number of ether oxygens (including phenoxy) is 3. The van der Waals surface area contributed by atoms with Crippen molar-refractivity contribution in [3.63, 3.8) is 0 Å². The molecule has 0 aromatic rings. The van der Waals surface area contributed by atoms with Gasteiger partial charge in [-0.25, -0.2) is 0 Å². The first-order valence-corrected chi connectivity index (χ1v) is 28.4. The first-order chi connectivity index (χ1) is 33.0. The number of hydrogen-bond acceptors (Lipinski definition) is 6. The summed E-state index contributed by atoms with van der Waals surface area (Å²) in [5.74, 6) is -0.895. The Balaban J connectivity index is 4.37. The van der Waals surface area contributed by atoms with Gasteiger partial charge in [0.15, 0.2) is 6.10 Å². The number of allylic oxidation sites excluding steroid dienone is 12. The van der Waals surface area contributed by atoms with E-state index < -0.39 is 6.10 Å². The minimum atomic E-state index is -0.784. The zero-order valence-corrected chi connectivity index (χ0v) is 44.2. The topological polar surface area (TPSA) is 78.9 Å². The van der Waals surface area contributed by atoms with Crippen LogP contribution in [-0.4, -0.2) is 37.2 Å². The zero-order valence-electron chi connectivity index (χ0n) is 44.2. The van der Waals surface area contributed by atoms with Crippen molar-refractivity contribution >= 4 is 17.9 Å². The number of rotatable bonds is 51. The molecule has 0 aliphatic rings. The van der Waals surface area contributed by atoms with Gasteiger partial charge in [-0.2, -0.15) is 0 Å². The van der Waals surface area contributed by atoms with Gasteiger partial charge in [-0.15, -0.1) is 0 Å². The third kappa shape index (κ3) is 53.7. The molecule has 0 N–H and O–H groups in total. The summed E-state index contributed by atoms with van der Waals surface area (Å²) in [4.78, 5) is 38.1. The van der Waals surface area contributed by atoms with E-state index in [2.05, 4.69) is 93.7 Å². The Morgan fingerprint density at radius 2 is 0.582 bits per heavy atom. The fourth-order valence-electron chi connectivity index (χ4n) is 7.93. The maximum absolute atomic E-state index is 12.8. The van der Waals surface area contributed by atoms with Gasteiger partial charge in [-0.1, -0.05) is 241 Å². The van der Waals surface area contributed by atoms with E-state index in [1.807, 2.05) is 0 Å². The SMILES string of the molecule is CC/C=C\C/C=C\C/C=C\C/C=C\CCCCCCCCCCC(=O)OCC(COC(=O)CCCCCCCCCCCCCCC)OC(=O)CCCCCCC/C=C\C/C=C\CCCCC. The van der Waals surface area contributed by atoms with Crippen molar-refractivity contribution in [1.29, 1.82) is 0 Å². The summed E-state index contributed by atoms with van der Waals surface area (Å²) in [5, 5.41) is 0. The second-order valence-electron chi connectivity index (χ2n) is 18.8. The lowest BCUT2D eigenvalue weighted by Crippen LogP contribution is -2.30. The lowest BCUT2D eigenvalue weighted by atomic mass is 10.0. The van der Waals surface area contributed by atoms with Gasteiger partial charge in [-0.3, -0.25) is 14.4 Å². The Kier molecular flexibility index (Phi) is 52.8. The summed E-state index contributed by atoms with van der Waals surface area (Å²) in [6.07, 6.45) is 70.3. The summed E-state index contributed by atoms with van der Waals surface area (Å²) in [5.41, 5.74) is 0. The van der Waals surface area contributed by atoms with Crippen LogP contribution in [0.2, 0.25) is 0 Å². The normalized spacial score (nSPS) is 12.6. The van der Waals surface area contributed by atoms with Crippen molar-refractivity contribution in [2.75, 3.05) is 13.2 Å². The second-order valence-corrected chi connectivity index (χ2v) is 18.8. The number of unbranched alkanes of at least 4 members (excludes halogenated alkanes) is 28. The van der Waals surface area contributed by atoms with Crippen molar-refractivity contribution < 1.29 is 28.6 Å². The quantitative estimate of drug-likeness (QED) is 0.0262. The lowest BCUT2D eigenvalue weighted by molar-refractivity contribution is -0.167. The number of carbonyl (C=O) groups excluding carboxylic acids is 3. The maximum atomic E-state index is 12.8. The summed E-state index contributed by atoms with van der Waals surface area (Å²) in [6, 6.07) is 0. The minimum Gasteiger partial charge on any atom is -0.462 e. The molecular formula is C61H106O6. The Morgan fingerprint density at radius 3 is 0.940 bits per heavy atom. The summed E-state index contributed by atoms with van der Waals surface area (Å²) in [6.45, 7) is 6.50. The predicted octanol–water partition coefficient (Wildman–Crippen LogP) is 19.0. The monoisotopic (exact) mass is 935 g/mol. The van der Waals surface area contributed by atoms with E-state index >= 15 is 0 Å². The molecule has 0 aromatic heterocycles. The van der Waals surface area contributed by atoms with Crippen molar-refractivity contribution in [1.82, 2.24) is 0 Å². The Bertz CT molecular complexity index is 1260. The van der Waals surface area contributed by atoms with Crippen LogP contribution < -0.4 is 0 Å². The predicted molar refractivity (Wildman–Crippen MR) is 288 cm³/mol. The Morgan fingerprint density at radius 1 is 0.313 bits per heavy atom. The average Bonchev–Trinajstić information content (AvgIpc) is 3.33. The third-order valence-electron chi connectivity index (χ3n) is 12.2. The van der Waals surface area contributed by atoms with E-state index in [1.54, 1.807) is 0 Å². The van der Waals surface area contributed by atoms with Gasteiger partial charge in [0.05, 0.1) is 0 Å². The molecule has 6 nitrogen and oxygen atoms in total. The van der Waals surface area contributed by atoms with Crippen molar-refractivity contribution in [2.24, 2.45) is 0 Å². The second kappa shape index (κ2) is 55.4. The molecule has 0 bridgehead atoms. The van der Waals surface area contributed by atoms with Crippen LogP contribution in [-0.2, 0) is 28.6 Å². The van der Waals surface area contributed by atoms with Gasteiger partial charge in [0.25, 0.3) is 0 Å². The van der Waals surface area contributed by atoms with Gasteiger partial charge in [0, 0.05) is 19.3 Å². The molecule has 0 aromatic carbocycles. The smallest absolute Gasteiger partial charge is 0.306 e. The zero-order chi connectivity index (χ0) is 48.6. The number of hydrogen-bond donors (Lipinski definition) is 0. The summed E-state index contributed by atoms with van der Waals surface area (Å²) < 4.78 is 16.8. The molecule has 0 aliphatic carbocycles. The first-order valence-electron chi connectivity index (χ1n) is 28.4. The van der Waals surface area contributed by atoms with Crippen LogP contribution in [0.3, 0.4) is 0 Å². The molecule has 0 amide bonds. The maximum Gasteiger partial charge on any atom is 0.306 e. The summed E-state index contributed by atoms with van der Waals surface area (Å²) >= 11 is 0. The molecule has 1 atom stereocenters. The van der Waals surface area contributed by atoms with Crippen LogP contribution >= 0.6 is 0 Å². The van der Waals surface area contributed by atoms with Crippen LogP contribution in [0, 0.1) is 0 Å². The van der Waals surface area contributed by atoms with Gasteiger partial charge < -0.3 is 14.2 Å². The van der Waals surface area contributed by atoms with Gasteiger partial charge in [-0.05, 0) is 89.9 Å². The molecule has 0 spiro atoms. The molecule has 386 valence electrons. The van der Waals surface area contributed by atoms with Crippen molar-refractivity contribution in [3.8, 4) is 0 Å². The Hall–Kier alpha value is -3.15. The highest BCUT2D eigenvalue weighted by molar-refractivity contribution is 5.71. The molecule has 6 heteroatoms. The molecule has 0 fully saturated rings. The fourth-order valence-corrected chi connectivity index (χ4v) is 7.93. The van der Waals surface area contributed by atoms with Gasteiger partial charge >= 0.3 is 17.9 Å². The highest BCUT2D eigenvalue weighted by Gasteiger charge is 2.19. The molecular weight excluding hydrogens is 829 g/mol. The first kappa shape index (κ1) is 63.8. The van der Waals surface area contributed by atoms with E-state index in [4.69, 9.17) is 14.2 Å². The van der Waals surface area contributed by atoms with Crippen LogP contribution in [0.5, 0.6) is 0 Å². The fraction of sp³-hybridized carbons (Fsp3) is 0.754. The molecule has 0 radical (unpaired) electrons. The van der Waals surface area contributed by atoms with E-state index in [9.17, 15) is 14.4 Å². The van der Waals surface area contributed by atoms with Crippen molar-refractivity contribution in [3.05, 3.63) is 72.9 Å². The highest BCUT2D eigenvalue weighted by atomic mass is 16.6.